The number of nitrogens with zero attached hydrogens (tertiary/aromatic N) is 1. The molecule has 0 bridgehead atoms. The van der Waals surface area contributed by atoms with Crippen LogP contribution in [0.25, 0.3) is 11.0 Å². The van der Waals surface area contributed by atoms with Gasteiger partial charge in [0.05, 0.1) is 22.3 Å². The van der Waals surface area contributed by atoms with Crippen LogP contribution in [0, 0.1) is 0 Å². The van der Waals surface area contributed by atoms with Crippen LogP contribution in [0.2, 0.25) is 0 Å². The zero-order valence-electron chi connectivity index (χ0n) is 6.73. The third kappa shape index (κ3) is 1.60. The highest BCUT2D eigenvalue weighted by Crippen LogP contribution is 2.26. The van der Waals surface area contributed by atoms with E-state index in [2.05, 4.69) is 22.6 Å². The Morgan fingerprint density at radius 1 is 1.43 bits per heavy atom. The molecular weight excluding hydrogens is 244 g/mol. The maximum atomic E-state index is 11.1. The molecule has 1 aromatic heterocycles. The van der Waals surface area contributed by atoms with Crippen LogP contribution < -0.4 is 0 Å². The van der Waals surface area contributed by atoms with Crippen molar-refractivity contribution in [2.24, 2.45) is 0 Å². The molecule has 0 aliphatic carbocycles. The molecule has 0 fully saturated rings. The number of rotatable bonds is 1. The number of hydrogen-bond acceptors (Lipinski definition) is 4. The molecule has 0 unspecified atom stereocenters. The summed E-state index contributed by atoms with van der Waals surface area (Å²) in [5.41, 5.74) is 1.26. The summed E-state index contributed by atoms with van der Waals surface area (Å²) in [6, 6.07) is 2.96. The van der Waals surface area contributed by atoms with E-state index in [4.69, 9.17) is 10.7 Å². The van der Waals surface area contributed by atoms with Gasteiger partial charge in [-0.05, 0) is 12.1 Å². The van der Waals surface area contributed by atoms with Crippen LogP contribution in [-0.2, 0) is 9.05 Å². The lowest BCUT2D eigenvalue weighted by Crippen LogP contribution is -1.92. The average Bonchev–Trinajstić information content (AvgIpc) is 2.47. The zero-order chi connectivity index (χ0) is 10.3. The van der Waals surface area contributed by atoms with E-state index in [-0.39, 0.29) is 4.90 Å². The number of fused-ring (bicyclic) bond motifs is 1. The molecule has 74 valence electrons. The fourth-order valence-corrected chi connectivity index (χ4v) is 2.81. The minimum Gasteiger partial charge on any atom is -0.345 e. The summed E-state index contributed by atoms with van der Waals surface area (Å²) in [5, 5.41) is 0. The van der Waals surface area contributed by atoms with Crippen LogP contribution in [0.4, 0.5) is 0 Å². The van der Waals surface area contributed by atoms with Gasteiger partial charge in [0.1, 0.15) is 0 Å². The molecule has 2 rings (SSSR count). The molecule has 0 saturated carbocycles. The van der Waals surface area contributed by atoms with Crippen LogP contribution >= 0.6 is 23.3 Å². The van der Waals surface area contributed by atoms with E-state index in [0.29, 0.717) is 15.9 Å². The van der Waals surface area contributed by atoms with Gasteiger partial charge in [-0.15, -0.1) is 12.6 Å². The smallest absolute Gasteiger partial charge is 0.262 e. The number of thiol groups is 1. The van der Waals surface area contributed by atoms with Crippen molar-refractivity contribution < 1.29 is 8.42 Å². The molecule has 2 aromatic rings. The number of halogens is 1. The first-order valence-corrected chi connectivity index (χ1v) is 6.35. The molecule has 7 heteroatoms. The number of aromatic nitrogens is 2. The fraction of sp³-hybridized carbons (Fsp3) is 0. The van der Waals surface area contributed by atoms with Gasteiger partial charge in [0.2, 0.25) is 0 Å². The van der Waals surface area contributed by atoms with E-state index in [1.165, 1.54) is 12.4 Å². The van der Waals surface area contributed by atoms with E-state index >= 15 is 0 Å². The summed E-state index contributed by atoms with van der Waals surface area (Å²) in [6.45, 7) is 0. The molecule has 0 atom stereocenters. The standard InChI is InChI=1S/C7H5ClN2O2S2/c8-14(11,12)7-2-5-4(1-6(7)13)9-3-10-5/h1-3,13H,(H,9,10). The molecule has 1 heterocycles. The van der Waals surface area contributed by atoms with E-state index in [9.17, 15) is 8.42 Å². The van der Waals surface area contributed by atoms with Crippen molar-refractivity contribution in [3.05, 3.63) is 18.5 Å². The summed E-state index contributed by atoms with van der Waals surface area (Å²) in [7, 11) is 1.47. The topological polar surface area (TPSA) is 62.8 Å². The Balaban J connectivity index is 2.84. The summed E-state index contributed by atoms with van der Waals surface area (Å²) in [6.07, 6.45) is 1.47. The highest BCUT2D eigenvalue weighted by molar-refractivity contribution is 8.14. The minimum absolute atomic E-state index is 0.0146. The Bertz CT molecular complexity index is 591. The lowest BCUT2D eigenvalue weighted by atomic mass is 10.3. The van der Waals surface area contributed by atoms with Crippen molar-refractivity contribution in [1.29, 1.82) is 0 Å². The first kappa shape index (κ1) is 9.82. The molecule has 0 aliphatic rings. The van der Waals surface area contributed by atoms with E-state index in [1.54, 1.807) is 6.07 Å². The van der Waals surface area contributed by atoms with Crippen molar-refractivity contribution in [2.75, 3.05) is 0 Å². The van der Waals surface area contributed by atoms with Crippen molar-refractivity contribution in [2.45, 2.75) is 9.79 Å². The van der Waals surface area contributed by atoms with Gasteiger partial charge >= 0.3 is 0 Å². The van der Waals surface area contributed by atoms with Gasteiger partial charge in [-0.1, -0.05) is 0 Å². The van der Waals surface area contributed by atoms with Crippen LogP contribution in [0.3, 0.4) is 0 Å². The third-order valence-corrected chi connectivity index (χ3v) is 3.65. The molecule has 0 amide bonds. The SMILES string of the molecule is O=S(=O)(Cl)c1cc2[nH]cnc2cc1S. The number of hydrogen-bond donors (Lipinski definition) is 2. The van der Waals surface area contributed by atoms with Crippen molar-refractivity contribution in [3.63, 3.8) is 0 Å². The van der Waals surface area contributed by atoms with Crippen LogP contribution in [-0.4, -0.2) is 18.4 Å². The molecule has 0 saturated heterocycles. The Morgan fingerprint density at radius 2 is 2.14 bits per heavy atom. The van der Waals surface area contributed by atoms with Gasteiger partial charge < -0.3 is 4.98 Å². The summed E-state index contributed by atoms with van der Waals surface area (Å²) in [4.78, 5) is 7.03. The van der Waals surface area contributed by atoms with Crippen LogP contribution in [0.15, 0.2) is 28.3 Å². The van der Waals surface area contributed by atoms with Crippen LogP contribution in [0.5, 0.6) is 0 Å². The molecule has 0 radical (unpaired) electrons. The van der Waals surface area contributed by atoms with Gasteiger partial charge in [-0.25, -0.2) is 13.4 Å². The molecule has 0 aliphatic heterocycles. The van der Waals surface area contributed by atoms with Gasteiger partial charge in [-0.2, -0.15) is 0 Å². The minimum atomic E-state index is -3.75. The third-order valence-electron chi connectivity index (χ3n) is 1.76. The number of nitrogens with one attached hydrogen (secondary N) is 1. The summed E-state index contributed by atoms with van der Waals surface area (Å²) < 4.78 is 22.2. The lowest BCUT2D eigenvalue weighted by Gasteiger charge is -2.00. The van der Waals surface area contributed by atoms with Crippen molar-refractivity contribution >= 4 is 43.4 Å². The largest absolute Gasteiger partial charge is 0.345 e. The number of imidazole rings is 1. The number of aromatic amines is 1. The molecule has 0 spiro atoms. The maximum absolute atomic E-state index is 11.1. The van der Waals surface area contributed by atoms with Gasteiger partial charge in [-0.3, -0.25) is 0 Å². The maximum Gasteiger partial charge on any atom is 0.262 e. The molecule has 1 N–H and O–H groups in total. The second-order valence-corrected chi connectivity index (χ2v) is 5.69. The second-order valence-electron chi connectivity index (χ2n) is 2.68. The van der Waals surface area contributed by atoms with Crippen molar-refractivity contribution in [1.82, 2.24) is 9.97 Å². The van der Waals surface area contributed by atoms with Gasteiger partial charge in [0, 0.05) is 15.6 Å². The average molecular weight is 249 g/mol. The molecule has 14 heavy (non-hydrogen) atoms. The molecular formula is C7H5ClN2O2S2. The zero-order valence-corrected chi connectivity index (χ0v) is 9.20. The quantitative estimate of drug-likeness (QED) is 0.597. The van der Waals surface area contributed by atoms with Gasteiger partial charge in [0.15, 0.2) is 0 Å². The predicted octanol–water partition coefficient (Wildman–Crippen LogP) is 1.78. The Morgan fingerprint density at radius 3 is 2.79 bits per heavy atom. The van der Waals surface area contributed by atoms with Crippen molar-refractivity contribution in [3.8, 4) is 0 Å². The number of benzene rings is 1. The first-order chi connectivity index (χ1) is 6.48. The summed E-state index contributed by atoms with van der Waals surface area (Å²) >= 11 is 4.02. The van der Waals surface area contributed by atoms with Gasteiger partial charge in [0.25, 0.3) is 9.05 Å². The van der Waals surface area contributed by atoms with E-state index < -0.39 is 9.05 Å². The molecule has 4 nitrogen and oxygen atoms in total. The normalized spacial score (nSPS) is 12.1. The first-order valence-electron chi connectivity index (χ1n) is 3.59. The Labute approximate surface area is 90.1 Å². The van der Waals surface area contributed by atoms with Crippen LogP contribution in [0.1, 0.15) is 0 Å². The van der Waals surface area contributed by atoms with E-state index in [0.717, 1.165) is 0 Å². The monoisotopic (exact) mass is 248 g/mol. The number of H-pyrrole nitrogens is 1. The second kappa shape index (κ2) is 3.15. The van der Waals surface area contributed by atoms with E-state index in [1.807, 2.05) is 0 Å². The lowest BCUT2D eigenvalue weighted by molar-refractivity contribution is 0.608. The highest BCUT2D eigenvalue weighted by Gasteiger charge is 2.15. The highest BCUT2D eigenvalue weighted by atomic mass is 35.7. The molecule has 1 aromatic carbocycles. The summed E-state index contributed by atoms with van der Waals surface area (Å²) in [5.74, 6) is 0. The Kier molecular flexibility index (Phi) is 2.21. The fourth-order valence-electron chi connectivity index (χ4n) is 1.15. The predicted molar refractivity (Wildman–Crippen MR) is 56.4 cm³/mol. The Hall–Kier alpha value is -0.720.